The molecule has 1 unspecified atom stereocenters. The zero-order chi connectivity index (χ0) is 8.58. The summed E-state index contributed by atoms with van der Waals surface area (Å²) in [7, 11) is 0. The van der Waals surface area contributed by atoms with E-state index in [4.69, 9.17) is 0 Å². The maximum absolute atomic E-state index is 9.93. The van der Waals surface area contributed by atoms with Gasteiger partial charge in [-0.3, -0.25) is 0 Å². The maximum Gasteiger partial charge on any atom is 0.0690 e. The van der Waals surface area contributed by atoms with Crippen LogP contribution in [0.5, 0.6) is 0 Å². The Morgan fingerprint density at radius 3 is 1.30 bits per heavy atom. The number of aliphatic hydroxyl groups is 1. The standard InChI is InChI=1S/C9H20O/c1-7(2)9(6,10)8(3,4)5/h7,10H,1-6H3. The van der Waals surface area contributed by atoms with Crippen molar-refractivity contribution in [3.63, 3.8) is 0 Å². The van der Waals surface area contributed by atoms with Gasteiger partial charge in [-0.25, -0.2) is 0 Å². The zero-order valence-electron chi connectivity index (χ0n) is 8.02. The number of hydrogen-bond donors (Lipinski definition) is 1. The summed E-state index contributed by atoms with van der Waals surface area (Å²) in [5.41, 5.74) is -0.589. The minimum atomic E-state index is -0.562. The van der Waals surface area contributed by atoms with Gasteiger partial charge in [0.2, 0.25) is 0 Å². The molecule has 1 N–H and O–H groups in total. The molecule has 0 fully saturated rings. The second kappa shape index (κ2) is 2.54. The Balaban J connectivity index is 4.40. The second-order valence-corrected chi connectivity index (χ2v) is 4.55. The van der Waals surface area contributed by atoms with Crippen LogP contribution in [0.2, 0.25) is 0 Å². The van der Waals surface area contributed by atoms with Crippen LogP contribution < -0.4 is 0 Å². The van der Waals surface area contributed by atoms with E-state index in [9.17, 15) is 5.11 Å². The molecule has 0 aliphatic heterocycles. The molecule has 1 atom stereocenters. The molecule has 0 aliphatic carbocycles. The molecule has 0 spiro atoms. The van der Waals surface area contributed by atoms with Crippen molar-refractivity contribution in [3.05, 3.63) is 0 Å². The van der Waals surface area contributed by atoms with Gasteiger partial charge < -0.3 is 5.11 Å². The van der Waals surface area contributed by atoms with Gasteiger partial charge in [0.15, 0.2) is 0 Å². The highest BCUT2D eigenvalue weighted by atomic mass is 16.3. The van der Waals surface area contributed by atoms with Gasteiger partial charge in [-0.15, -0.1) is 0 Å². The van der Waals surface area contributed by atoms with Gasteiger partial charge in [0, 0.05) is 0 Å². The quantitative estimate of drug-likeness (QED) is 0.599. The Morgan fingerprint density at radius 2 is 1.30 bits per heavy atom. The molecule has 0 bridgehead atoms. The molecule has 0 aliphatic rings. The average molecular weight is 144 g/mol. The SMILES string of the molecule is CC(C)C(C)(O)C(C)(C)C. The molecule has 0 aromatic carbocycles. The van der Waals surface area contributed by atoms with E-state index in [0.717, 1.165) is 0 Å². The summed E-state index contributed by atoms with van der Waals surface area (Å²) < 4.78 is 0. The molecule has 62 valence electrons. The fourth-order valence-corrected chi connectivity index (χ4v) is 0.866. The van der Waals surface area contributed by atoms with Crippen LogP contribution in [0.1, 0.15) is 41.5 Å². The predicted octanol–water partition coefficient (Wildman–Crippen LogP) is 2.44. The Labute approximate surface area is 64.5 Å². The first-order valence-corrected chi connectivity index (χ1v) is 3.92. The Morgan fingerprint density at radius 1 is 1.00 bits per heavy atom. The van der Waals surface area contributed by atoms with Crippen molar-refractivity contribution >= 4 is 0 Å². The fourth-order valence-electron chi connectivity index (χ4n) is 0.866. The first-order valence-electron chi connectivity index (χ1n) is 3.92. The van der Waals surface area contributed by atoms with Crippen LogP contribution in [0.25, 0.3) is 0 Å². The third-order valence-corrected chi connectivity index (χ3v) is 2.64. The molecule has 0 radical (unpaired) electrons. The van der Waals surface area contributed by atoms with Gasteiger partial charge in [0.1, 0.15) is 0 Å². The van der Waals surface area contributed by atoms with E-state index in [1.54, 1.807) is 0 Å². The molecule has 1 heteroatoms. The number of hydrogen-bond acceptors (Lipinski definition) is 1. The van der Waals surface area contributed by atoms with Crippen LogP contribution >= 0.6 is 0 Å². The van der Waals surface area contributed by atoms with Crippen molar-refractivity contribution in [1.82, 2.24) is 0 Å². The lowest BCUT2D eigenvalue weighted by molar-refractivity contribution is -0.0782. The lowest BCUT2D eigenvalue weighted by Crippen LogP contribution is -2.44. The molecular formula is C9H20O. The molecule has 1 nitrogen and oxygen atoms in total. The third-order valence-electron chi connectivity index (χ3n) is 2.64. The summed E-state index contributed by atoms with van der Waals surface area (Å²) in [5.74, 6) is 0.312. The smallest absolute Gasteiger partial charge is 0.0690 e. The van der Waals surface area contributed by atoms with Crippen molar-refractivity contribution < 1.29 is 5.11 Å². The molecule has 0 aromatic heterocycles. The lowest BCUT2D eigenvalue weighted by Gasteiger charge is -2.40. The highest BCUT2D eigenvalue weighted by Gasteiger charge is 2.37. The Hall–Kier alpha value is -0.0400. The van der Waals surface area contributed by atoms with Crippen LogP contribution in [-0.4, -0.2) is 10.7 Å². The molecule has 0 saturated carbocycles. The minimum Gasteiger partial charge on any atom is -0.389 e. The largest absolute Gasteiger partial charge is 0.389 e. The fraction of sp³-hybridized carbons (Fsp3) is 1.00. The van der Waals surface area contributed by atoms with Crippen molar-refractivity contribution in [2.45, 2.75) is 47.1 Å². The van der Waals surface area contributed by atoms with Crippen LogP contribution in [0, 0.1) is 11.3 Å². The Kier molecular flexibility index (Phi) is 2.53. The summed E-state index contributed by atoms with van der Waals surface area (Å²) >= 11 is 0. The molecule has 0 saturated heterocycles. The van der Waals surface area contributed by atoms with Gasteiger partial charge in [-0.1, -0.05) is 34.6 Å². The van der Waals surface area contributed by atoms with Gasteiger partial charge in [0.05, 0.1) is 5.60 Å². The van der Waals surface area contributed by atoms with Gasteiger partial charge in [-0.2, -0.15) is 0 Å². The molecule has 0 rings (SSSR count). The highest BCUT2D eigenvalue weighted by Crippen LogP contribution is 2.35. The number of rotatable bonds is 1. The topological polar surface area (TPSA) is 20.2 Å². The summed E-state index contributed by atoms with van der Waals surface area (Å²) in [6.45, 7) is 12.2. The molecule has 0 heterocycles. The highest BCUT2D eigenvalue weighted by molar-refractivity contribution is 4.88. The average Bonchev–Trinajstić information content (AvgIpc) is 1.62. The van der Waals surface area contributed by atoms with Gasteiger partial charge in [0.25, 0.3) is 0 Å². The molecule has 0 aromatic rings. The Bertz CT molecular complexity index is 106. The molecular weight excluding hydrogens is 124 g/mol. The molecule has 0 amide bonds. The van der Waals surface area contributed by atoms with E-state index >= 15 is 0 Å². The first-order chi connectivity index (χ1) is 4.19. The second-order valence-electron chi connectivity index (χ2n) is 4.55. The van der Waals surface area contributed by atoms with Gasteiger partial charge >= 0.3 is 0 Å². The van der Waals surface area contributed by atoms with E-state index < -0.39 is 5.60 Å². The normalized spacial score (nSPS) is 19.2. The summed E-state index contributed by atoms with van der Waals surface area (Å²) in [6.07, 6.45) is 0. The van der Waals surface area contributed by atoms with Crippen molar-refractivity contribution in [2.24, 2.45) is 11.3 Å². The summed E-state index contributed by atoms with van der Waals surface area (Å²) in [5, 5.41) is 9.93. The summed E-state index contributed by atoms with van der Waals surface area (Å²) in [6, 6.07) is 0. The van der Waals surface area contributed by atoms with E-state index in [1.807, 2.05) is 20.8 Å². The summed E-state index contributed by atoms with van der Waals surface area (Å²) in [4.78, 5) is 0. The molecule has 10 heavy (non-hydrogen) atoms. The maximum atomic E-state index is 9.93. The van der Waals surface area contributed by atoms with Crippen LogP contribution in [0.4, 0.5) is 0 Å². The van der Waals surface area contributed by atoms with E-state index in [-0.39, 0.29) is 5.41 Å². The van der Waals surface area contributed by atoms with E-state index in [2.05, 4.69) is 20.8 Å². The van der Waals surface area contributed by atoms with E-state index in [0.29, 0.717) is 5.92 Å². The minimum absolute atomic E-state index is 0.0266. The lowest BCUT2D eigenvalue weighted by atomic mass is 9.71. The predicted molar refractivity (Wildman–Crippen MR) is 44.9 cm³/mol. The van der Waals surface area contributed by atoms with Crippen LogP contribution in [0.3, 0.4) is 0 Å². The zero-order valence-corrected chi connectivity index (χ0v) is 8.02. The van der Waals surface area contributed by atoms with E-state index in [1.165, 1.54) is 0 Å². The van der Waals surface area contributed by atoms with Crippen molar-refractivity contribution in [2.75, 3.05) is 0 Å². The van der Waals surface area contributed by atoms with Crippen LogP contribution in [0.15, 0.2) is 0 Å². The van der Waals surface area contributed by atoms with Crippen molar-refractivity contribution in [1.29, 1.82) is 0 Å². The van der Waals surface area contributed by atoms with Crippen molar-refractivity contribution in [3.8, 4) is 0 Å². The third kappa shape index (κ3) is 1.72. The monoisotopic (exact) mass is 144 g/mol. The van der Waals surface area contributed by atoms with Gasteiger partial charge in [-0.05, 0) is 18.3 Å². The first kappa shape index (κ1) is 9.96. The van der Waals surface area contributed by atoms with Crippen LogP contribution in [-0.2, 0) is 0 Å².